The second-order valence-corrected chi connectivity index (χ2v) is 6.93. The minimum atomic E-state index is -0.274. The lowest BCUT2D eigenvalue weighted by molar-refractivity contribution is 0.0935. The molecule has 3 aromatic rings. The van der Waals surface area contributed by atoms with Gasteiger partial charge in [-0.15, -0.1) is 10.2 Å². The summed E-state index contributed by atoms with van der Waals surface area (Å²) in [6.07, 6.45) is 5.46. The van der Waals surface area contributed by atoms with E-state index in [-0.39, 0.29) is 11.9 Å². The van der Waals surface area contributed by atoms with Crippen LogP contribution >= 0.6 is 0 Å². The number of aromatic nitrogens is 5. The Morgan fingerprint density at radius 3 is 3.00 bits per heavy atom. The van der Waals surface area contributed by atoms with Crippen molar-refractivity contribution < 1.29 is 4.79 Å². The van der Waals surface area contributed by atoms with E-state index in [9.17, 15) is 4.79 Å². The average molecular weight is 380 g/mol. The van der Waals surface area contributed by atoms with Gasteiger partial charge in [-0.3, -0.25) is 19.3 Å². The zero-order chi connectivity index (χ0) is 19.5. The Labute approximate surface area is 163 Å². The molecular formula is C19H24N8O. The topological polar surface area (TPSA) is 115 Å². The molecule has 0 aliphatic carbocycles. The van der Waals surface area contributed by atoms with Crippen LogP contribution in [0.25, 0.3) is 10.9 Å². The maximum absolute atomic E-state index is 12.8. The molecule has 146 valence electrons. The standard InChI is InChI=1S/C19H24N8O/c1-2-27-17(24-25-19(27)26-10-4-5-13(20)12-26)18(28)23-11-16-14-6-3-8-21-15(14)7-9-22-16/h3,6-9,13H,2,4-5,10-12,20H2,1H3,(H,23,28). The molecule has 9 nitrogen and oxygen atoms in total. The molecule has 0 aromatic carbocycles. The number of fused-ring (bicyclic) bond motifs is 1. The maximum atomic E-state index is 12.8. The summed E-state index contributed by atoms with van der Waals surface area (Å²) in [5.74, 6) is 0.731. The van der Waals surface area contributed by atoms with E-state index in [1.54, 1.807) is 12.4 Å². The molecule has 1 saturated heterocycles. The number of pyridine rings is 2. The van der Waals surface area contributed by atoms with Crippen LogP contribution in [0.4, 0.5) is 5.95 Å². The highest BCUT2D eigenvalue weighted by molar-refractivity contribution is 5.91. The third kappa shape index (κ3) is 3.53. The molecule has 3 aromatic heterocycles. The third-order valence-electron chi connectivity index (χ3n) is 5.02. The second kappa shape index (κ2) is 7.89. The minimum absolute atomic E-state index is 0.124. The number of anilines is 1. The molecule has 28 heavy (non-hydrogen) atoms. The Morgan fingerprint density at radius 1 is 1.29 bits per heavy atom. The summed E-state index contributed by atoms with van der Waals surface area (Å²) in [5.41, 5.74) is 7.70. The summed E-state index contributed by atoms with van der Waals surface area (Å²) in [6, 6.07) is 5.78. The molecule has 4 rings (SSSR count). The second-order valence-electron chi connectivity index (χ2n) is 6.93. The van der Waals surface area contributed by atoms with Gasteiger partial charge in [-0.25, -0.2) is 0 Å². The monoisotopic (exact) mass is 380 g/mol. The third-order valence-corrected chi connectivity index (χ3v) is 5.02. The smallest absolute Gasteiger partial charge is 0.289 e. The number of rotatable bonds is 5. The van der Waals surface area contributed by atoms with Gasteiger partial charge >= 0.3 is 0 Å². The number of nitrogens with two attached hydrogens (primary N) is 1. The van der Waals surface area contributed by atoms with Crippen LogP contribution < -0.4 is 16.0 Å². The van der Waals surface area contributed by atoms with Crippen molar-refractivity contribution in [2.45, 2.75) is 38.9 Å². The van der Waals surface area contributed by atoms with Crippen molar-refractivity contribution in [1.82, 2.24) is 30.0 Å². The van der Waals surface area contributed by atoms with Crippen molar-refractivity contribution >= 4 is 22.8 Å². The van der Waals surface area contributed by atoms with E-state index in [1.807, 2.05) is 29.7 Å². The fraction of sp³-hybridized carbons (Fsp3) is 0.421. The Kier molecular flexibility index (Phi) is 5.16. The summed E-state index contributed by atoms with van der Waals surface area (Å²) in [4.78, 5) is 23.6. The first-order valence-electron chi connectivity index (χ1n) is 9.58. The lowest BCUT2D eigenvalue weighted by atomic mass is 10.1. The molecule has 1 atom stereocenters. The first-order valence-corrected chi connectivity index (χ1v) is 9.58. The van der Waals surface area contributed by atoms with Crippen LogP contribution in [-0.4, -0.2) is 49.8 Å². The number of carbonyl (C=O) groups excluding carboxylic acids is 1. The summed E-state index contributed by atoms with van der Waals surface area (Å²) in [7, 11) is 0. The zero-order valence-corrected chi connectivity index (χ0v) is 15.9. The van der Waals surface area contributed by atoms with Crippen LogP contribution in [0.3, 0.4) is 0 Å². The van der Waals surface area contributed by atoms with Crippen molar-refractivity contribution in [3.63, 3.8) is 0 Å². The Hall–Kier alpha value is -3.07. The highest BCUT2D eigenvalue weighted by atomic mass is 16.2. The van der Waals surface area contributed by atoms with Gasteiger partial charge in [0.1, 0.15) is 0 Å². The molecule has 1 aliphatic heterocycles. The fourth-order valence-electron chi connectivity index (χ4n) is 3.63. The van der Waals surface area contributed by atoms with Gasteiger partial charge in [-0.05, 0) is 38.0 Å². The van der Waals surface area contributed by atoms with Gasteiger partial charge in [0.15, 0.2) is 0 Å². The number of hydrogen-bond donors (Lipinski definition) is 2. The summed E-state index contributed by atoms with van der Waals surface area (Å²) >= 11 is 0. The van der Waals surface area contributed by atoms with E-state index in [0.717, 1.165) is 42.5 Å². The van der Waals surface area contributed by atoms with Gasteiger partial charge < -0.3 is 16.0 Å². The number of hydrogen-bond acceptors (Lipinski definition) is 7. The Bertz CT molecular complexity index is 980. The molecule has 4 heterocycles. The number of amides is 1. The van der Waals surface area contributed by atoms with E-state index in [0.29, 0.717) is 24.9 Å². The highest BCUT2D eigenvalue weighted by Gasteiger charge is 2.25. The molecule has 1 aliphatic rings. The predicted octanol–water partition coefficient (Wildman–Crippen LogP) is 1.10. The van der Waals surface area contributed by atoms with Gasteiger partial charge in [-0.1, -0.05) is 0 Å². The summed E-state index contributed by atoms with van der Waals surface area (Å²) < 4.78 is 1.84. The van der Waals surface area contributed by atoms with Crippen molar-refractivity contribution in [2.24, 2.45) is 5.73 Å². The predicted molar refractivity (Wildman–Crippen MR) is 106 cm³/mol. The number of nitrogens with zero attached hydrogens (tertiary/aromatic N) is 6. The molecule has 0 radical (unpaired) electrons. The van der Waals surface area contributed by atoms with Gasteiger partial charge in [0.2, 0.25) is 11.8 Å². The fourth-order valence-corrected chi connectivity index (χ4v) is 3.63. The van der Waals surface area contributed by atoms with Crippen LogP contribution in [0, 0.1) is 0 Å². The summed E-state index contributed by atoms with van der Waals surface area (Å²) in [6.45, 7) is 4.48. The zero-order valence-electron chi connectivity index (χ0n) is 15.9. The van der Waals surface area contributed by atoms with Crippen molar-refractivity contribution in [1.29, 1.82) is 0 Å². The van der Waals surface area contributed by atoms with Gasteiger partial charge in [0.05, 0.1) is 17.8 Å². The largest absolute Gasteiger partial charge is 0.344 e. The Morgan fingerprint density at radius 2 is 2.18 bits per heavy atom. The van der Waals surface area contributed by atoms with Crippen molar-refractivity contribution in [3.8, 4) is 0 Å². The van der Waals surface area contributed by atoms with Crippen molar-refractivity contribution in [2.75, 3.05) is 18.0 Å². The Balaban J connectivity index is 1.52. The normalized spacial score (nSPS) is 17.1. The van der Waals surface area contributed by atoms with E-state index >= 15 is 0 Å². The first kappa shape index (κ1) is 18.3. The molecule has 1 amide bonds. The molecule has 0 bridgehead atoms. The van der Waals surface area contributed by atoms with Crippen LogP contribution in [0.2, 0.25) is 0 Å². The average Bonchev–Trinajstić information content (AvgIpc) is 3.16. The summed E-state index contributed by atoms with van der Waals surface area (Å²) in [5, 5.41) is 12.2. The van der Waals surface area contributed by atoms with Gasteiger partial charge in [0.25, 0.3) is 5.91 Å². The lowest BCUT2D eigenvalue weighted by Crippen LogP contribution is -2.44. The van der Waals surface area contributed by atoms with Crippen LogP contribution in [0.15, 0.2) is 30.6 Å². The van der Waals surface area contributed by atoms with Gasteiger partial charge in [-0.2, -0.15) is 0 Å². The lowest BCUT2D eigenvalue weighted by Gasteiger charge is -2.31. The SMILES string of the molecule is CCn1c(C(=O)NCc2nccc3ncccc23)nnc1N1CCCC(N)C1. The molecule has 1 unspecified atom stereocenters. The van der Waals surface area contributed by atoms with E-state index in [2.05, 4.69) is 30.4 Å². The number of piperidine rings is 1. The van der Waals surface area contributed by atoms with Crippen molar-refractivity contribution in [3.05, 3.63) is 42.1 Å². The molecule has 0 spiro atoms. The molecule has 3 N–H and O–H groups in total. The molecule has 0 saturated carbocycles. The van der Waals surface area contributed by atoms with E-state index in [4.69, 9.17) is 5.73 Å². The molecule has 9 heteroatoms. The number of carbonyl (C=O) groups is 1. The van der Waals surface area contributed by atoms with Crippen LogP contribution in [0.1, 0.15) is 36.1 Å². The molecule has 1 fully saturated rings. The quantitative estimate of drug-likeness (QED) is 0.681. The minimum Gasteiger partial charge on any atom is -0.344 e. The van der Waals surface area contributed by atoms with E-state index < -0.39 is 0 Å². The highest BCUT2D eigenvalue weighted by Crippen LogP contribution is 2.19. The molecular weight excluding hydrogens is 356 g/mol. The van der Waals surface area contributed by atoms with E-state index in [1.165, 1.54) is 0 Å². The van der Waals surface area contributed by atoms with Crippen LogP contribution in [0.5, 0.6) is 0 Å². The van der Waals surface area contributed by atoms with Gasteiger partial charge in [0, 0.05) is 43.5 Å². The maximum Gasteiger partial charge on any atom is 0.289 e. The van der Waals surface area contributed by atoms with Crippen LogP contribution in [-0.2, 0) is 13.1 Å². The first-order chi connectivity index (χ1) is 13.7. The number of nitrogens with one attached hydrogen (secondary N) is 1.